The van der Waals surface area contributed by atoms with Crippen molar-refractivity contribution in [2.45, 2.75) is 19.8 Å². The fourth-order valence-corrected chi connectivity index (χ4v) is 2.82. The number of hydrogen-bond acceptors (Lipinski definition) is 4. The summed E-state index contributed by atoms with van der Waals surface area (Å²) >= 11 is 5.90. The van der Waals surface area contributed by atoms with Gasteiger partial charge in [0.1, 0.15) is 11.6 Å². The highest BCUT2D eigenvalue weighted by Crippen LogP contribution is 2.12. The van der Waals surface area contributed by atoms with Crippen molar-refractivity contribution in [3.8, 4) is 0 Å². The largest absolute Gasteiger partial charge is 0.370 e. The quantitative estimate of drug-likeness (QED) is 0.580. The molecule has 2 N–H and O–H groups in total. The Morgan fingerprint density at radius 2 is 1.44 bits per heavy atom. The van der Waals surface area contributed by atoms with Crippen LogP contribution < -0.4 is 10.6 Å². The molecule has 0 saturated carbocycles. The molecule has 6 heteroatoms. The molecule has 0 bridgehead atoms. The number of benzene rings is 2. The third-order valence-corrected chi connectivity index (χ3v) is 4.35. The molecule has 27 heavy (non-hydrogen) atoms. The van der Waals surface area contributed by atoms with Crippen LogP contribution in [-0.4, -0.2) is 23.1 Å². The molecule has 1 aromatic heterocycles. The molecule has 0 amide bonds. The first-order valence-electron chi connectivity index (χ1n) is 8.91. The fourth-order valence-electron chi connectivity index (χ4n) is 2.69. The second-order valence-corrected chi connectivity index (χ2v) is 6.76. The number of aromatic nitrogens is 2. The normalized spacial score (nSPS) is 10.6. The zero-order valence-corrected chi connectivity index (χ0v) is 15.9. The van der Waals surface area contributed by atoms with Crippen LogP contribution >= 0.6 is 11.6 Å². The number of halogens is 2. The molecular formula is C21H22ClFN4. The maximum Gasteiger partial charge on any atom is 0.224 e. The van der Waals surface area contributed by atoms with Gasteiger partial charge in [-0.05, 0) is 55.2 Å². The fraction of sp³-hybridized carbons (Fsp3) is 0.238. The Hall–Kier alpha value is -2.66. The van der Waals surface area contributed by atoms with Gasteiger partial charge >= 0.3 is 0 Å². The zero-order chi connectivity index (χ0) is 19.1. The van der Waals surface area contributed by atoms with Crippen molar-refractivity contribution in [2.24, 2.45) is 0 Å². The van der Waals surface area contributed by atoms with Gasteiger partial charge < -0.3 is 10.6 Å². The van der Waals surface area contributed by atoms with Gasteiger partial charge in [-0.1, -0.05) is 35.9 Å². The van der Waals surface area contributed by atoms with Gasteiger partial charge in [0, 0.05) is 29.9 Å². The van der Waals surface area contributed by atoms with Crippen LogP contribution in [0.5, 0.6) is 0 Å². The predicted molar refractivity (Wildman–Crippen MR) is 109 cm³/mol. The van der Waals surface area contributed by atoms with Crippen molar-refractivity contribution in [3.63, 3.8) is 0 Å². The molecule has 3 aromatic rings. The van der Waals surface area contributed by atoms with E-state index in [1.165, 1.54) is 17.7 Å². The van der Waals surface area contributed by atoms with Crippen LogP contribution in [0, 0.1) is 12.7 Å². The molecule has 0 aliphatic heterocycles. The summed E-state index contributed by atoms with van der Waals surface area (Å²) in [6, 6.07) is 16.3. The summed E-state index contributed by atoms with van der Waals surface area (Å²) in [6.07, 6.45) is 1.66. The highest BCUT2D eigenvalue weighted by molar-refractivity contribution is 6.30. The monoisotopic (exact) mass is 384 g/mol. The first kappa shape index (κ1) is 19.1. The van der Waals surface area contributed by atoms with Crippen molar-refractivity contribution in [2.75, 3.05) is 23.7 Å². The van der Waals surface area contributed by atoms with Crippen molar-refractivity contribution in [3.05, 3.63) is 82.3 Å². The van der Waals surface area contributed by atoms with Crippen LogP contribution in [0.15, 0.2) is 54.6 Å². The molecule has 0 saturated heterocycles. The maximum absolute atomic E-state index is 12.9. The summed E-state index contributed by atoms with van der Waals surface area (Å²) in [5.74, 6) is 1.17. The summed E-state index contributed by atoms with van der Waals surface area (Å²) in [5.41, 5.74) is 3.18. The van der Waals surface area contributed by atoms with Crippen LogP contribution in [0.4, 0.5) is 16.2 Å². The Morgan fingerprint density at radius 1 is 0.852 bits per heavy atom. The van der Waals surface area contributed by atoms with Crippen molar-refractivity contribution in [1.29, 1.82) is 0 Å². The molecule has 3 rings (SSSR count). The summed E-state index contributed by atoms with van der Waals surface area (Å²) in [4.78, 5) is 8.94. The smallest absolute Gasteiger partial charge is 0.224 e. The summed E-state index contributed by atoms with van der Waals surface area (Å²) in [5, 5.41) is 7.31. The van der Waals surface area contributed by atoms with E-state index in [4.69, 9.17) is 11.6 Å². The Labute approximate surface area is 163 Å². The number of aryl methyl sites for hydroxylation is 1. The Bertz CT molecular complexity index is 797. The summed E-state index contributed by atoms with van der Waals surface area (Å²) in [6.45, 7) is 3.39. The Kier molecular flexibility index (Phi) is 6.60. The lowest BCUT2D eigenvalue weighted by Gasteiger charge is -2.10. The maximum atomic E-state index is 12.9. The zero-order valence-electron chi connectivity index (χ0n) is 15.2. The lowest BCUT2D eigenvalue weighted by atomic mass is 10.1. The van der Waals surface area contributed by atoms with Gasteiger partial charge in [-0.3, -0.25) is 0 Å². The van der Waals surface area contributed by atoms with E-state index >= 15 is 0 Å². The van der Waals surface area contributed by atoms with Crippen LogP contribution in [0.1, 0.15) is 16.8 Å². The van der Waals surface area contributed by atoms with Crippen molar-refractivity contribution >= 4 is 23.4 Å². The second kappa shape index (κ2) is 9.33. The van der Waals surface area contributed by atoms with E-state index in [9.17, 15) is 4.39 Å². The molecule has 140 valence electrons. The van der Waals surface area contributed by atoms with E-state index in [0.717, 1.165) is 41.5 Å². The molecule has 0 atom stereocenters. The number of nitrogens with zero attached hydrogens (tertiary/aromatic N) is 2. The van der Waals surface area contributed by atoms with Crippen LogP contribution in [0.2, 0.25) is 5.02 Å². The van der Waals surface area contributed by atoms with E-state index in [0.29, 0.717) is 12.5 Å². The molecule has 0 aliphatic rings. The van der Waals surface area contributed by atoms with Gasteiger partial charge in [-0.15, -0.1) is 0 Å². The number of rotatable bonds is 8. The number of anilines is 2. The molecule has 0 fully saturated rings. The predicted octanol–water partition coefficient (Wildman–Crippen LogP) is 4.89. The second-order valence-electron chi connectivity index (χ2n) is 6.32. The minimum Gasteiger partial charge on any atom is -0.370 e. The van der Waals surface area contributed by atoms with E-state index < -0.39 is 0 Å². The number of nitrogens with one attached hydrogen (secondary N) is 2. The molecule has 4 nitrogen and oxygen atoms in total. The number of hydrogen-bond donors (Lipinski definition) is 2. The average Bonchev–Trinajstić information content (AvgIpc) is 2.65. The van der Waals surface area contributed by atoms with E-state index in [1.54, 1.807) is 12.1 Å². The SMILES string of the molecule is Cc1cc(NCCc2ccc(F)cc2)nc(NCCc2ccc(Cl)cc2)n1. The minimum absolute atomic E-state index is 0.215. The Morgan fingerprint density at radius 3 is 2.11 bits per heavy atom. The van der Waals surface area contributed by atoms with Gasteiger partial charge in [0.05, 0.1) is 0 Å². The molecular weight excluding hydrogens is 363 g/mol. The van der Waals surface area contributed by atoms with Crippen LogP contribution in [0.25, 0.3) is 0 Å². The van der Waals surface area contributed by atoms with Gasteiger partial charge in [0.25, 0.3) is 0 Å². The molecule has 0 aliphatic carbocycles. The van der Waals surface area contributed by atoms with Gasteiger partial charge in [0.15, 0.2) is 0 Å². The summed E-state index contributed by atoms with van der Waals surface area (Å²) in [7, 11) is 0. The first-order chi connectivity index (χ1) is 13.1. The first-order valence-corrected chi connectivity index (χ1v) is 9.28. The average molecular weight is 385 g/mol. The molecule has 1 heterocycles. The van der Waals surface area contributed by atoms with Crippen molar-refractivity contribution in [1.82, 2.24) is 9.97 Å². The third-order valence-electron chi connectivity index (χ3n) is 4.10. The van der Waals surface area contributed by atoms with Crippen molar-refractivity contribution < 1.29 is 4.39 Å². The van der Waals surface area contributed by atoms with Gasteiger partial charge in [-0.2, -0.15) is 4.98 Å². The Balaban J connectivity index is 1.50. The molecule has 0 unspecified atom stereocenters. The summed E-state index contributed by atoms with van der Waals surface area (Å²) < 4.78 is 12.9. The van der Waals surface area contributed by atoms with Gasteiger partial charge in [-0.25, -0.2) is 9.37 Å². The van der Waals surface area contributed by atoms with E-state index in [2.05, 4.69) is 20.6 Å². The van der Waals surface area contributed by atoms with Crippen LogP contribution in [0.3, 0.4) is 0 Å². The lowest BCUT2D eigenvalue weighted by molar-refractivity contribution is 0.627. The third kappa shape index (κ3) is 6.22. The van der Waals surface area contributed by atoms with E-state index in [-0.39, 0.29) is 5.82 Å². The highest BCUT2D eigenvalue weighted by Gasteiger charge is 2.03. The topological polar surface area (TPSA) is 49.8 Å². The van der Waals surface area contributed by atoms with E-state index in [1.807, 2.05) is 37.3 Å². The molecule has 2 aromatic carbocycles. The minimum atomic E-state index is -0.215. The standard InChI is InChI=1S/C21H22ClFN4/c1-15-14-20(24-12-10-17-4-8-19(23)9-5-17)27-21(26-15)25-13-11-16-2-6-18(22)7-3-16/h2-9,14H,10-13H2,1H3,(H2,24,25,26,27). The van der Waals surface area contributed by atoms with Gasteiger partial charge in [0.2, 0.25) is 5.95 Å². The molecule has 0 radical (unpaired) electrons. The van der Waals surface area contributed by atoms with Crippen LogP contribution in [-0.2, 0) is 12.8 Å². The lowest BCUT2D eigenvalue weighted by Crippen LogP contribution is -2.12. The highest BCUT2D eigenvalue weighted by atomic mass is 35.5. The molecule has 0 spiro atoms.